The third-order valence-electron chi connectivity index (χ3n) is 2.49. The molecule has 0 bridgehead atoms. The zero-order valence-corrected chi connectivity index (χ0v) is 10.7. The van der Waals surface area contributed by atoms with Crippen LogP contribution < -0.4 is 0 Å². The van der Waals surface area contributed by atoms with Crippen LogP contribution in [0.5, 0.6) is 0 Å². The molecule has 0 aromatic carbocycles. The lowest BCUT2D eigenvalue weighted by molar-refractivity contribution is 0.0525. The Morgan fingerprint density at radius 3 is 2.89 bits per heavy atom. The number of nitrogens with zero attached hydrogens (tertiary/aromatic N) is 3. The number of hydrogen-bond donors (Lipinski definition) is 1. The van der Waals surface area contributed by atoms with E-state index in [0.29, 0.717) is 12.2 Å². The highest BCUT2D eigenvalue weighted by Crippen LogP contribution is 2.20. The van der Waals surface area contributed by atoms with Gasteiger partial charge >= 0.3 is 5.97 Å². The van der Waals surface area contributed by atoms with Gasteiger partial charge in [-0.2, -0.15) is 0 Å². The number of carbonyl (C=O) groups excluding carboxylic acids is 1. The van der Waals surface area contributed by atoms with Crippen molar-refractivity contribution >= 4 is 12.0 Å². The second-order valence-electron chi connectivity index (χ2n) is 3.70. The summed E-state index contributed by atoms with van der Waals surface area (Å²) in [5, 5.41) is 3.40. The Morgan fingerprint density at radius 2 is 2.28 bits per heavy atom. The van der Waals surface area contributed by atoms with Gasteiger partial charge in [0.1, 0.15) is 0 Å². The van der Waals surface area contributed by atoms with Crippen LogP contribution in [0.25, 0.3) is 16.5 Å². The molecule has 0 fully saturated rings. The average molecular weight is 248 g/mol. The quantitative estimate of drug-likeness (QED) is 0.375. The standard InChI is InChI=1S/C12H16N4O2/c1-4-18-12(17)11-8(2)10(15-9(11)3)6-5-7-14-16-13/h5-6,15H,4,7H2,1-3H3. The largest absolute Gasteiger partial charge is 0.462 e. The highest BCUT2D eigenvalue weighted by molar-refractivity contribution is 5.93. The van der Waals surface area contributed by atoms with Crippen molar-refractivity contribution in [2.24, 2.45) is 5.11 Å². The summed E-state index contributed by atoms with van der Waals surface area (Å²) in [6, 6.07) is 0. The van der Waals surface area contributed by atoms with Gasteiger partial charge in [-0.1, -0.05) is 11.2 Å². The summed E-state index contributed by atoms with van der Waals surface area (Å²) in [5.41, 5.74) is 11.2. The summed E-state index contributed by atoms with van der Waals surface area (Å²) in [7, 11) is 0. The first-order valence-corrected chi connectivity index (χ1v) is 5.65. The molecule has 0 radical (unpaired) electrons. The van der Waals surface area contributed by atoms with E-state index in [-0.39, 0.29) is 12.5 Å². The van der Waals surface area contributed by atoms with Crippen LogP contribution in [-0.4, -0.2) is 24.1 Å². The molecule has 0 aliphatic heterocycles. The zero-order valence-electron chi connectivity index (χ0n) is 10.7. The van der Waals surface area contributed by atoms with Gasteiger partial charge in [0.05, 0.1) is 12.2 Å². The first-order chi connectivity index (χ1) is 8.61. The Bertz CT molecular complexity index is 510. The number of hydrogen-bond acceptors (Lipinski definition) is 3. The van der Waals surface area contributed by atoms with Gasteiger partial charge in [0.25, 0.3) is 0 Å². The number of esters is 1. The van der Waals surface area contributed by atoms with E-state index in [1.54, 1.807) is 19.1 Å². The van der Waals surface area contributed by atoms with Crippen LogP contribution in [0, 0.1) is 13.8 Å². The number of aromatic nitrogens is 1. The molecule has 6 nitrogen and oxygen atoms in total. The predicted octanol–water partition coefficient (Wildman–Crippen LogP) is 3.13. The Hall–Kier alpha value is -2.20. The zero-order chi connectivity index (χ0) is 13.5. The van der Waals surface area contributed by atoms with Crippen LogP contribution in [-0.2, 0) is 4.74 Å². The number of carbonyl (C=O) groups is 1. The molecule has 0 saturated carbocycles. The van der Waals surface area contributed by atoms with Crippen LogP contribution in [0.3, 0.4) is 0 Å². The highest BCUT2D eigenvalue weighted by atomic mass is 16.5. The lowest BCUT2D eigenvalue weighted by Gasteiger charge is -2.01. The van der Waals surface area contributed by atoms with E-state index < -0.39 is 0 Å². The molecule has 18 heavy (non-hydrogen) atoms. The van der Waals surface area contributed by atoms with Crippen molar-refractivity contribution in [2.75, 3.05) is 13.2 Å². The third kappa shape index (κ3) is 3.15. The van der Waals surface area contributed by atoms with E-state index in [1.807, 2.05) is 13.8 Å². The molecule has 1 aromatic rings. The normalized spacial score (nSPS) is 10.4. The number of aryl methyl sites for hydroxylation is 1. The Kier molecular flexibility index (Phi) is 5.02. The summed E-state index contributed by atoms with van der Waals surface area (Å²) in [6.45, 7) is 6.08. The highest BCUT2D eigenvalue weighted by Gasteiger charge is 2.17. The number of nitrogens with one attached hydrogen (secondary N) is 1. The molecule has 0 aliphatic carbocycles. The minimum absolute atomic E-state index is 0.281. The monoisotopic (exact) mass is 248 g/mol. The molecule has 1 aromatic heterocycles. The van der Waals surface area contributed by atoms with Gasteiger partial charge in [-0.25, -0.2) is 4.79 Å². The molecule has 0 saturated heterocycles. The number of ether oxygens (including phenoxy) is 1. The summed E-state index contributed by atoms with van der Waals surface area (Å²) < 4.78 is 5.00. The molecule has 96 valence electrons. The molecule has 0 amide bonds. The fraction of sp³-hybridized carbons (Fsp3) is 0.417. The summed E-state index contributed by atoms with van der Waals surface area (Å²) in [6.07, 6.45) is 3.52. The van der Waals surface area contributed by atoms with Gasteiger partial charge in [0, 0.05) is 22.8 Å². The molecule has 0 spiro atoms. The summed E-state index contributed by atoms with van der Waals surface area (Å²) >= 11 is 0. The van der Waals surface area contributed by atoms with Crippen molar-refractivity contribution < 1.29 is 9.53 Å². The number of aromatic amines is 1. The third-order valence-corrected chi connectivity index (χ3v) is 2.49. The van der Waals surface area contributed by atoms with E-state index in [2.05, 4.69) is 15.0 Å². The maximum atomic E-state index is 11.7. The smallest absolute Gasteiger partial charge is 0.340 e. The van der Waals surface area contributed by atoms with Crippen molar-refractivity contribution in [3.05, 3.63) is 39.0 Å². The van der Waals surface area contributed by atoms with E-state index in [4.69, 9.17) is 10.3 Å². The van der Waals surface area contributed by atoms with Crippen LogP contribution >= 0.6 is 0 Å². The van der Waals surface area contributed by atoms with Crippen LogP contribution in [0.15, 0.2) is 11.2 Å². The molecule has 1 heterocycles. The Labute approximate surface area is 105 Å². The van der Waals surface area contributed by atoms with Crippen LogP contribution in [0.1, 0.15) is 34.2 Å². The summed E-state index contributed by atoms with van der Waals surface area (Å²) in [4.78, 5) is 17.5. The predicted molar refractivity (Wildman–Crippen MR) is 69.3 cm³/mol. The molecule has 6 heteroatoms. The Morgan fingerprint density at radius 1 is 1.56 bits per heavy atom. The number of H-pyrrole nitrogens is 1. The number of azide groups is 1. The Balaban J connectivity index is 2.96. The van der Waals surface area contributed by atoms with Gasteiger partial charge < -0.3 is 9.72 Å². The van der Waals surface area contributed by atoms with Crippen molar-refractivity contribution in [1.82, 2.24) is 4.98 Å². The molecule has 0 unspecified atom stereocenters. The van der Waals surface area contributed by atoms with Crippen LogP contribution in [0.4, 0.5) is 0 Å². The fourth-order valence-corrected chi connectivity index (χ4v) is 1.70. The molecular formula is C12H16N4O2. The van der Waals surface area contributed by atoms with E-state index >= 15 is 0 Å². The van der Waals surface area contributed by atoms with Gasteiger partial charge in [-0.3, -0.25) is 0 Å². The first-order valence-electron chi connectivity index (χ1n) is 5.65. The van der Waals surface area contributed by atoms with E-state index in [1.165, 1.54) is 0 Å². The topological polar surface area (TPSA) is 90.9 Å². The van der Waals surface area contributed by atoms with Crippen molar-refractivity contribution in [3.8, 4) is 0 Å². The first kappa shape index (κ1) is 13.9. The van der Waals surface area contributed by atoms with Crippen LogP contribution in [0.2, 0.25) is 0 Å². The average Bonchev–Trinajstić information content (AvgIpc) is 2.60. The molecule has 0 aliphatic rings. The second-order valence-corrected chi connectivity index (χ2v) is 3.70. The fourth-order valence-electron chi connectivity index (χ4n) is 1.70. The molecule has 1 rings (SSSR count). The van der Waals surface area contributed by atoms with E-state index in [9.17, 15) is 4.79 Å². The minimum atomic E-state index is -0.321. The maximum absolute atomic E-state index is 11.7. The lowest BCUT2D eigenvalue weighted by Crippen LogP contribution is -2.06. The van der Waals surface area contributed by atoms with E-state index in [0.717, 1.165) is 17.0 Å². The van der Waals surface area contributed by atoms with Gasteiger partial charge in [0.15, 0.2) is 0 Å². The molecule has 1 N–H and O–H groups in total. The van der Waals surface area contributed by atoms with Crippen molar-refractivity contribution in [2.45, 2.75) is 20.8 Å². The van der Waals surface area contributed by atoms with Crippen molar-refractivity contribution in [1.29, 1.82) is 0 Å². The minimum Gasteiger partial charge on any atom is -0.462 e. The molecule has 0 atom stereocenters. The SMILES string of the molecule is CCOC(=O)c1c(C)[nH]c(C=CCN=[N+]=[N-])c1C. The van der Waals surface area contributed by atoms with Gasteiger partial charge in [-0.15, -0.1) is 0 Å². The second kappa shape index (κ2) is 6.51. The van der Waals surface area contributed by atoms with Crippen molar-refractivity contribution in [3.63, 3.8) is 0 Å². The maximum Gasteiger partial charge on any atom is 0.340 e. The lowest BCUT2D eigenvalue weighted by atomic mass is 10.1. The summed E-state index contributed by atoms with van der Waals surface area (Å²) in [5.74, 6) is -0.321. The molecular weight excluding hydrogens is 232 g/mol. The number of rotatable bonds is 5. The van der Waals surface area contributed by atoms with Gasteiger partial charge in [0.2, 0.25) is 0 Å². The van der Waals surface area contributed by atoms with Gasteiger partial charge in [-0.05, 0) is 37.9 Å².